The van der Waals surface area contributed by atoms with Gasteiger partial charge in [0.2, 0.25) is 0 Å². The molecular formula is C15H32N2. The van der Waals surface area contributed by atoms with Crippen molar-refractivity contribution in [2.75, 3.05) is 26.7 Å². The average molecular weight is 240 g/mol. The Balaban J connectivity index is 2.55. The maximum atomic E-state index is 3.33. The van der Waals surface area contributed by atoms with E-state index in [9.17, 15) is 0 Å². The first-order valence-electron chi connectivity index (χ1n) is 7.33. The van der Waals surface area contributed by atoms with E-state index in [0.717, 1.165) is 18.5 Å². The van der Waals surface area contributed by atoms with E-state index in [4.69, 9.17) is 0 Å². The van der Waals surface area contributed by atoms with Crippen molar-refractivity contribution >= 4 is 0 Å². The molecule has 0 bridgehead atoms. The molecule has 1 aliphatic carbocycles. The van der Waals surface area contributed by atoms with Crippen molar-refractivity contribution in [1.29, 1.82) is 0 Å². The third kappa shape index (κ3) is 5.39. The fourth-order valence-electron chi connectivity index (χ4n) is 3.17. The first kappa shape index (κ1) is 15.0. The highest BCUT2D eigenvalue weighted by atomic mass is 15.2. The van der Waals surface area contributed by atoms with Gasteiger partial charge in [0, 0.05) is 25.7 Å². The number of hydrogen-bond acceptors (Lipinski definition) is 2. The first-order chi connectivity index (χ1) is 7.94. The van der Waals surface area contributed by atoms with Crippen LogP contribution in [0.4, 0.5) is 0 Å². The standard InChI is InChI=1S/C15H32N2/c1-13(2)10-17(14-8-6-7-9-14)12-15(3,4)11-16-5/h13-14,16H,6-12H2,1-5H3. The Kier molecular flexibility index (Phi) is 5.94. The molecule has 1 aliphatic rings. The van der Waals surface area contributed by atoms with Crippen LogP contribution in [0.15, 0.2) is 0 Å². The van der Waals surface area contributed by atoms with E-state index in [-0.39, 0.29) is 0 Å². The number of nitrogens with zero attached hydrogens (tertiary/aromatic N) is 1. The van der Waals surface area contributed by atoms with Gasteiger partial charge in [-0.05, 0) is 31.2 Å². The van der Waals surface area contributed by atoms with E-state index in [1.165, 1.54) is 38.8 Å². The minimum atomic E-state index is 0.381. The van der Waals surface area contributed by atoms with Crippen LogP contribution >= 0.6 is 0 Å². The Hall–Kier alpha value is -0.0800. The summed E-state index contributed by atoms with van der Waals surface area (Å²) in [5, 5.41) is 3.33. The van der Waals surface area contributed by atoms with Crippen LogP contribution in [0.3, 0.4) is 0 Å². The predicted molar refractivity (Wildman–Crippen MR) is 76.4 cm³/mol. The molecule has 1 fully saturated rings. The van der Waals surface area contributed by atoms with Crippen molar-refractivity contribution < 1.29 is 0 Å². The zero-order valence-corrected chi connectivity index (χ0v) is 12.6. The van der Waals surface area contributed by atoms with Gasteiger partial charge in [0.1, 0.15) is 0 Å². The zero-order valence-electron chi connectivity index (χ0n) is 12.6. The molecule has 17 heavy (non-hydrogen) atoms. The topological polar surface area (TPSA) is 15.3 Å². The summed E-state index contributed by atoms with van der Waals surface area (Å²) in [5.41, 5.74) is 0.381. The predicted octanol–water partition coefficient (Wildman–Crippen LogP) is 3.13. The minimum absolute atomic E-state index is 0.381. The van der Waals surface area contributed by atoms with Gasteiger partial charge in [-0.2, -0.15) is 0 Å². The van der Waals surface area contributed by atoms with E-state index in [1.54, 1.807) is 0 Å². The van der Waals surface area contributed by atoms with Crippen molar-refractivity contribution in [2.45, 2.75) is 59.4 Å². The van der Waals surface area contributed by atoms with Gasteiger partial charge < -0.3 is 5.32 Å². The average Bonchev–Trinajstić information content (AvgIpc) is 2.67. The van der Waals surface area contributed by atoms with Crippen molar-refractivity contribution in [3.8, 4) is 0 Å². The largest absolute Gasteiger partial charge is 0.319 e. The lowest BCUT2D eigenvalue weighted by Crippen LogP contribution is -2.45. The maximum absolute atomic E-state index is 3.33. The lowest BCUT2D eigenvalue weighted by molar-refractivity contribution is 0.116. The molecule has 0 aromatic heterocycles. The number of nitrogens with one attached hydrogen (secondary N) is 1. The molecule has 0 aromatic carbocycles. The van der Waals surface area contributed by atoms with Crippen LogP contribution < -0.4 is 5.32 Å². The van der Waals surface area contributed by atoms with Crippen LogP contribution in [0.5, 0.6) is 0 Å². The smallest absolute Gasteiger partial charge is 0.00956 e. The molecule has 2 heteroatoms. The van der Waals surface area contributed by atoms with Gasteiger partial charge in [-0.15, -0.1) is 0 Å². The van der Waals surface area contributed by atoms with Crippen LogP contribution in [-0.2, 0) is 0 Å². The molecule has 2 nitrogen and oxygen atoms in total. The van der Waals surface area contributed by atoms with Gasteiger partial charge >= 0.3 is 0 Å². The van der Waals surface area contributed by atoms with E-state index in [2.05, 4.69) is 45.0 Å². The van der Waals surface area contributed by atoms with Crippen LogP contribution in [0.2, 0.25) is 0 Å². The Morgan fingerprint density at radius 3 is 2.29 bits per heavy atom. The third-order valence-corrected chi connectivity index (χ3v) is 3.73. The Morgan fingerprint density at radius 2 is 1.82 bits per heavy atom. The zero-order chi connectivity index (χ0) is 12.9. The molecular weight excluding hydrogens is 208 g/mol. The highest BCUT2D eigenvalue weighted by Crippen LogP contribution is 2.27. The Morgan fingerprint density at radius 1 is 1.24 bits per heavy atom. The summed E-state index contributed by atoms with van der Waals surface area (Å²) in [5.74, 6) is 0.779. The molecule has 0 saturated heterocycles. The molecule has 0 aliphatic heterocycles. The van der Waals surface area contributed by atoms with E-state index >= 15 is 0 Å². The fourth-order valence-corrected chi connectivity index (χ4v) is 3.17. The summed E-state index contributed by atoms with van der Waals surface area (Å²) in [7, 11) is 2.06. The van der Waals surface area contributed by atoms with Gasteiger partial charge in [0.25, 0.3) is 0 Å². The van der Waals surface area contributed by atoms with E-state index in [0.29, 0.717) is 5.41 Å². The molecule has 0 spiro atoms. The highest BCUT2D eigenvalue weighted by Gasteiger charge is 2.28. The second kappa shape index (κ2) is 6.75. The molecule has 0 atom stereocenters. The quantitative estimate of drug-likeness (QED) is 0.735. The highest BCUT2D eigenvalue weighted by molar-refractivity contribution is 4.83. The van der Waals surface area contributed by atoms with Gasteiger partial charge in [-0.3, -0.25) is 4.90 Å². The van der Waals surface area contributed by atoms with E-state index in [1.807, 2.05) is 0 Å². The molecule has 0 aromatic rings. The Labute approximate surface area is 108 Å². The number of rotatable bonds is 7. The lowest BCUT2D eigenvalue weighted by atomic mass is 9.91. The summed E-state index contributed by atoms with van der Waals surface area (Å²) in [4.78, 5) is 2.76. The van der Waals surface area contributed by atoms with Crippen LogP contribution in [-0.4, -0.2) is 37.6 Å². The summed E-state index contributed by atoms with van der Waals surface area (Å²) in [6.07, 6.45) is 5.71. The van der Waals surface area contributed by atoms with Crippen molar-refractivity contribution in [3.05, 3.63) is 0 Å². The monoisotopic (exact) mass is 240 g/mol. The summed E-state index contributed by atoms with van der Waals surface area (Å²) in [6, 6.07) is 0.855. The molecule has 1 saturated carbocycles. The van der Waals surface area contributed by atoms with Crippen LogP contribution in [0.25, 0.3) is 0 Å². The van der Waals surface area contributed by atoms with Gasteiger partial charge in [-0.1, -0.05) is 40.5 Å². The minimum Gasteiger partial charge on any atom is -0.319 e. The molecule has 0 radical (unpaired) electrons. The van der Waals surface area contributed by atoms with Crippen molar-refractivity contribution in [1.82, 2.24) is 10.2 Å². The SMILES string of the molecule is CNCC(C)(C)CN(CC(C)C)C1CCCC1. The van der Waals surface area contributed by atoms with Crippen LogP contribution in [0, 0.1) is 11.3 Å². The second-order valence-electron chi connectivity index (χ2n) is 6.96. The molecule has 0 amide bonds. The number of hydrogen-bond donors (Lipinski definition) is 1. The van der Waals surface area contributed by atoms with Crippen molar-refractivity contribution in [3.63, 3.8) is 0 Å². The molecule has 102 valence electrons. The first-order valence-corrected chi connectivity index (χ1v) is 7.33. The molecule has 0 heterocycles. The molecule has 1 rings (SSSR count). The van der Waals surface area contributed by atoms with Gasteiger partial charge in [-0.25, -0.2) is 0 Å². The Bertz CT molecular complexity index is 205. The summed E-state index contributed by atoms with van der Waals surface area (Å²) < 4.78 is 0. The van der Waals surface area contributed by atoms with E-state index < -0.39 is 0 Å². The van der Waals surface area contributed by atoms with Gasteiger partial charge in [0.05, 0.1) is 0 Å². The fraction of sp³-hybridized carbons (Fsp3) is 1.00. The van der Waals surface area contributed by atoms with Crippen molar-refractivity contribution in [2.24, 2.45) is 11.3 Å². The summed E-state index contributed by atoms with van der Waals surface area (Å²) >= 11 is 0. The van der Waals surface area contributed by atoms with Gasteiger partial charge in [0.15, 0.2) is 0 Å². The maximum Gasteiger partial charge on any atom is 0.00956 e. The molecule has 0 unspecified atom stereocenters. The van der Waals surface area contributed by atoms with Crippen LogP contribution in [0.1, 0.15) is 53.4 Å². The summed E-state index contributed by atoms with van der Waals surface area (Å²) in [6.45, 7) is 13.0. The molecule has 1 N–H and O–H groups in total. The normalized spacial score (nSPS) is 18.5. The second-order valence-corrected chi connectivity index (χ2v) is 6.96. The lowest BCUT2D eigenvalue weighted by Gasteiger charge is -2.37. The third-order valence-electron chi connectivity index (χ3n) is 3.73.